The number of nitrogens with one attached hydrogen (secondary N) is 1. The molecule has 0 saturated carbocycles. The Morgan fingerprint density at radius 3 is 2.76 bits per heavy atom. The lowest BCUT2D eigenvalue weighted by Gasteiger charge is -2.22. The monoisotopic (exact) mass is 338 g/mol. The van der Waals surface area contributed by atoms with Crippen LogP contribution in [-0.2, 0) is 6.54 Å². The molecule has 0 radical (unpaired) electrons. The molecule has 0 spiro atoms. The molecule has 132 valence electrons. The van der Waals surface area contributed by atoms with Crippen molar-refractivity contribution >= 4 is 0 Å². The van der Waals surface area contributed by atoms with Gasteiger partial charge < -0.3 is 14.8 Å². The van der Waals surface area contributed by atoms with Gasteiger partial charge in [0.1, 0.15) is 0 Å². The predicted molar refractivity (Wildman–Crippen MR) is 98.8 cm³/mol. The number of hydrogen-bond donors (Lipinski definition) is 1. The summed E-state index contributed by atoms with van der Waals surface area (Å²) in [6.07, 6.45) is 1.18. The van der Waals surface area contributed by atoms with E-state index in [1.165, 1.54) is 17.5 Å². The fourth-order valence-electron chi connectivity index (χ4n) is 3.89. The van der Waals surface area contributed by atoms with Crippen LogP contribution in [0.25, 0.3) is 0 Å². The van der Waals surface area contributed by atoms with Gasteiger partial charge in [-0.25, -0.2) is 0 Å². The molecule has 0 amide bonds. The first-order chi connectivity index (χ1) is 12.2. The van der Waals surface area contributed by atoms with Crippen molar-refractivity contribution in [2.24, 2.45) is 0 Å². The lowest BCUT2D eigenvalue weighted by atomic mass is 10.1. The van der Waals surface area contributed by atoms with Crippen molar-refractivity contribution in [2.75, 3.05) is 13.3 Å². The Hall–Kier alpha value is -2.04. The minimum absolute atomic E-state index is 0.295. The highest BCUT2D eigenvalue weighted by Crippen LogP contribution is 2.34. The fraction of sp³-hybridized carbons (Fsp3) is 0.429. The van der Waals surface area contributed by atoms with Gasteiger partial charge in [0, 0.05) is 31.2 Å². The van der Waals surface area contributed by atoms with E-state index in [1.54, 1.807) is 0 Å². The fourth-order valence-corrected chi connectivity index (χ4v) is 3.89. The highest BCUT2D eigenvalue weighted by molar-refractivity contribution is 5.45. The second kappa shape index (κ2) is 7.06. The van der Waals surface area contributed by atoms with Gasteiger partial charge in [-0.1, -0.05) is 36.4 Å². The molecule has 1 fully saturated rings. The van der Waals surface area contributed by atoms with Gasteiger partial charge in [0.15, 0.2) is 11.5 Å². The molecule has 1 saturated heterocycles. The molecule has 2 aromatic rings. The van der Waals surface area contributed by atoms with E-state index >= 15 is 0 Å². The third kappa shape index (κ3) is 3.65. The molecular formula is C21H26N2O2. The number of rotatable bonds is 5. The van der Waals surface area contributed by atoms with Crippen molar-refractivity contribution in [1.29, 1.82) is 0 Å². The van der Waals surface area contributed by atoms with Gasteiger partial charge in [-0.3, -0.25) is 4.90 Å². The van der Waals surface area contributed by atoms with E-state index in [0.717, 1.165) is 24.6 Å². The van der Waals surface area contributed by atoms with E-state index in [1.807, 2.05) is 6.07 Å². The Balaban J connectivity index is 1.36. The average Bonchev–Trinajstić information content (AvgIpc) is 3.22. The Kier molecular flexibility index (Phi) is 4.64. The van der Waals surface area contributed by atoms with Gasteiger partial charge in [0.2, 0.25) is 6.79 Å². The second-order valence-corrected chi connectivity index (χ2v) is 7.20. The molecule has 4 rings (SSSR count). The van der Waals surface area contributed by atoms with Crippen LogP contribution in [0.1, 0.15) is 37.4 Å². The summed E-state index contributed by atoms with van der Waals surface area (Å²) in [6.45, 7) is 7.00. The SMILES string of the molecule is CC(NC1CC(C)N(Cc2ccccc2)C1)c1ccc2c(c1)OCO2. The van der Waals surface area contributed by atoms with Crippen LogP contribution in [0.15, 0.2) is 48.5 Å². The second-order valence-electron chi connectivity index (χ2n) is 7.20. The zero-order valence-electron chi connectivity index (χ0n) is 14.9. The molecule has 2 aromatic carbocycles. The maximum absolute atomic E-state index is 5.50. The smallest absolute Gasteiger partial charge is 0.231 e. The molecule has 3 atom stereocenters. The van der Waals surface area contributed by atoms with Crippen LogP contribution < -0.4 is 14.8 Å². The first-order valence-corrected chi connectivity index (χ1v) is 9.12. The molecule has 2 aliphatic heterocycles. The Morgan fingerprint density at radius 2 is 1.92 bits per heavy atom. The van der Waals surface area contributed by atoms with Crippen molar-refractivity contribution in [3.05, 3.63) is 59.7 Å². The van der Waals surface area contributed by atoms with Gasteiger partial charge >= 0.3 is 0 Å². The molecule has 4 heteroatoms. The van der Waals surface area contributed by atoms with E-state index in [9.17, 15) is 0 Å². The molecular weight excluding hydrogens is 312 g/mol. The largest absolute Gasteiger partial charge is 0.454 e. The zero-order chi connectivity index (χ0) is 17.2. The summed E-state index contributed by atoms with van der Waals surface area (Å²) < 4.78 is 10.9. The molecule has 2 aliphatic rings. The van der Waals surface area contributed by atoms with Crippen molar-refractivity contribution in [3.8, 4) is 11.5 Å². The summed E-state index contributed by atoms with van der Waals surface area (Å²) >= 11 is 0. The van der Waals surface area contributed by atoms with Gasteiger partial charge in [0.05, 0.1) is 0 Å². The van der Waals surface area contributed by atoms with Gasteiger partial charge in [-0.2, -0.15) is 0 Å². The number of likely N-dealkylation sites (tertiary alicyclic amines) is 1. The van der Waals surface area contributed by atoms with Crippen LogP contribution >= 0.6 is 0 Å². The van der Waals surface area contributed by atoms with E-state index in [4.69, 9.17) is 9.47 Å². The maximum atomic E-state index is 5.50. The minimum Gasteiger partial charge on any atom is -0.454 e. The van der Waals surface area contributed by atoms with Gasteiger partial charge in [0.25, 0.3) is 0 Å². The molecule has 2 heterocycles. The first-order valence-electron chi connectivity index (χ1n) is 9.12. The number of nitrogens with zero attached hydrogens (tertiary/aromatic N) is 1. The quantitative estimate of drug-likeness (QED) is 0.901. The number of fused-ring (bicyclic) bond motifs is 1. The van der Waals surface area contributed by atoms with Crippen LogP contribution in [-0.4, -0.2) is 30.3 Å². The molecule has 0 aromatic heterocycles. The number of benzene rings is 2. The van der Waals surface area contributed by atoms with Crippen molar-refractivity contribution in [1.82, 2.24) is 10.2 Å². The summed E-state index contributed by atoms with van der Waals surface area (Å²) in [4.78, 5) is 2.57. The summed E-state index contributed by atoms with van der Waals surface area (Å²) in [5, 5.41) is 3.79. The van der Waals surface area contributed by atoms with Gasteiger partial charge in [-0.15, -0.1) is 0 Å². The summed E-state index contributed by atoms with van der Waals surface area (Å²) in [6, 6.07) is 18.4. The summed E-state index contributed by atoms with van der Waals surface area (Å²) in [5.74, 6) is 1.70. The average molecular weight is 338 g/mol. The molecule has 3 unspecified atom stereocenters. The standard InChI is InChI=1S/C21H26N2O2/c1-15-10-19(13-23(15)12-17-6-4-3-5-7-17)22-16(2)18-8-9-20-21(11-18)25-14-24-20/h3-9,11,15-16,19,22H,10,12-14H2,1-2H3. The van der Waals surface area contributed by atoms with Crippen molar-refractivity contribution < 1.29 is 9.47 Å². The number of hydrogen-bond acceptors (Lipinski definition) is 4. The zero-order valence-corrected chi connectivity index (χ0v) is 14.9. The van der Waals surface area contributed by atoms with E-state index in [0.29, 0.717) is 24.9 Å². The lowest BCUT2D eigenvalue weighted by Crippen LogP contribution is -2.34. The highest BCUT2D eigenvalue weighted by Gasteiger charge is 2.30. The van der Waals surface area contributed by atoms with Gasteiger partial charge in [-0.05, 0) is 43.5 Å². The van der Waals surface area contributed by atoms with E-state index < -0.39 is 0 Å². The van der Waals surface area contributed by atoms with Crippen LogP contribution in [0, 0.1) is 0 Å². The van der Waals surface area contributed by atoms with E-state index in [-0.39, 0.29) is 0 Å². The van der Waals surface area contributed by atoms with Crippen LogP contribution in [0.5, 0.6) is 11.5 Å². The summed E-state index contributed by atoms with van der Waals surface area (Å²) in [7, 11) is 0. The topological polar surface area (TPSA) is 33.7 Å². The Morgan fingerprint density at radius 1 is 1.12 bits per heavy atom. The van der Waals surface area contributed by atoms with Crippen LogP contribution in [0.3, 0.4) is 0 Å². The molecule has 0 aliphatic carbocycles. The van der Waals surface area contributed by atoms with Crippen molar-refractivity contribution in [2.45, 2.75) is 44.9 Å². The normalized spacial score (nSPS) is 23.8. The van der Waals surface area contributed by atoms with Crippen LogP contribution in [0.2, 0.25) is 0 Å². The number of ether oxygens (including phenoxy) is 2. The van der Waals surface area contributed by atoms with Crippen molar-refractivity contribution in [3.63, 3.8) is 0 Å². The molecule has 4 nitrogen and oxygen atoms in total. The Labute approximate surface area is 149 Å². The lowest BCUT2D eigenvalue weighted by molar-refractivity contribution is 0.174. The molecule has 0 bridgehead atoms. The molecule has 25 heavy (non-hydrogen) atoms. The maximum Gasteiger partial charge on any atom is 0.231 e. The highest BCUT2D eigenvalue weighted by atomic mass is 16.7. The third-order valence-electron chi connectivity index (χ3n) is 5.31. The predicted octanol–water partition coefficient (Wildman–Crippen LogP) is 3.73. The first kappa shape index (κ1) is 16.4. The third-order valence-corrected chi connectivity index (χ3v) is 5.31. The summed E-state index contributed by atoms with van der Waals surface area (Å²) in [5.41, 5.74) is 2.64. The minimum atomic E-state index is 0.295. The van der Waals surface area contributed by atoms with E-state index in [2.05, 4.69) is 66.5 Å². The molecule has 1 N–H and O–H groups in total. The van der Waals surface area contributed by atoms with Crippen LogP contribution in [0.4, 0.5) is 0 Å². The Bertz CT molecular complexity index is 719.